The first-order valence-electron chi connectivity index (χ1n) is 8.65. The van der Waals surface area contributed by atoms with Gasteiger partial charge in [0.15, 0.2) is 0 Å². The van der Waals surface area contributed by atoms with Crippen molar-refractivity contribution in [2.75, 3.05) is 10.6 Å². The van der Waals surface area contributed by atoms with Crippen LogP contribution in [0.1, 0.15) is 32.7 Å². The Kier molecular flexibility index (Phi) is 5.32. The SMILES string of the molecule is Cc1ccc(CNc2ccnc(C(=O)Nc3cc(C)cc(C)c3)c2)cc1. The molecule has 3 aromatic rings. The van der Waals surface area contributed by atoms with E-state index in [1.165, 1.54) is 11.1 Å². The summed E-state index contributed by atoms with van der Waals surface area (Å²) < 4.78 is 0. The average molecular weight is 345 g/mol. The van der Waals surface area contributed by atoms with E-state index in [0.717, 1.165) is 22.5 Å². The Morgan fingerprint density at radius 2 is 1.54 bits per heavy atom. The molecule has 26 heavy (non-hydrogen) atoms. The molecule has 0 saturated carbocycles. The van der Waals surface area contributed by atoms with Crippen LogP contribution in [0.4, 0.5) is 11.4 Å². The van der Waals surface area contributed by atoms with E-state index in [0.29, 0.717) is 12.2 Å². The molecule has 1 heterocycles. The lowest BCUT2D eigenvalue weighted by atomic mass is 10.1. The fourth-order valence-corrected chi connectivity index (χ4v) is 2.82. The van der Waals surface area contributed by atoms with E-state index in [2.05, 4.69) is 52.9 Å². The Hall–Kier alpha value is -3.14. The summed E-state index contributed by atoms with van der Waals surface area (Å²) in [6.07, 6.45) is 1.65. The molecule has 0 unspecified atom stereocenters. The van der Waals surface area contributed by atoms with Crippen LogP contribution in [0.25, 0.3) is 0 Å². The molecule has 132 valence electrons. The lowest BCUT2D eigenvalue weighted by molar-refractivity contribution is 0.102. The molecular weight excluding hydrogens is 322 g/mol. The fraction of sp³-hybridized carbons (Fsp3) is 0.182. The van der Waals surface area contributed by atoms with Crippen LogP contribution >= 0.6 is 0 Å². The zero-order valence-corrected chi connectivity index (χ0v) is 15.3. The number of hydrogen-bond donors (Lipinski definition) is 2. The normalized spacial score (nSPS) is 10.4. The number of aromatic nitrogens is 1. The number of carbonyl (C=O) groups excluding carboxylic acids is 1. The molecular formula is C22H23N3O. The molecule has 0 aliphatic rings. The van der Waals surface area contributed by atoms with Crippen molar-refractivity contribution in [2.24, 2.45) is 0 Å². The maximum Gasteiger partial charge on any atom is 0.274 e. The molecule has 1 aromatic heterocycles. The highest BCUT2D eigenvalue weighted by molar-refractivity contribution is 6.03. The van der Waals surface area contributed by atoms with Gasteiger partial charge in [0, 0.05) is 24.1 Å². The smallest absolute Gasteiger partial charge is 0.274 e. The van der Waals surface area contributed by atoms with Gasteiger partial charge < -0.3 is 10.6 Å². The summed E-state index contributed by atoms with van der Waals surface area (Å²) in [5.74, 6) is -0.214. The molecule has 4 heteroatoms. The Morgan fingerprint density at radius 1 is 0.846 bits per heavy atom. The maximum absolute atomic E-state index is 12.5. The van der Waals surface area contributed by atoms with Crippen molar-refractivity contribution in [3.05, 3.63) is 88.7 Å². The summed E-state index contributed by atoms with van der Waals surface area (Å²) in [6.45, 7) is 6.79. The predicted molar refractivity (Wildman–Crippen MR) is 107 cm³/mol. The summed E-state index contributed by atoms with van der Waals surface area (Å²) >= 11 is 0. The minimum absolute atomic E-state index is 0.214. The highest BCUT2D eigenvalue weighted by atomic mass is 16.1. The largest absolute Gasteiger partial charge is 0.381 e. The van der Waals surface area contributed by atoms with Crippen LogP contribution in [0.3, 0.4) is 0 Å². The average Bonchev–Trinajstić information content (AvgIpc) is 2.60. The second-order valence-electron chi connectivity index (χ2n) is 6.60. The molecule has 0 radical (unpaired) electrons. The van der Waals surface area contributed by atoms with Crippen LogP contribution < -0.4 is 10.6 Å². The second kappa shape index (κ2) is 7.83. The number of nitrogens with zero attached hydrogens (tertiary/aromatic N) is 1. The quantitative estimate of drug-likeness (QED) is 0.693. The zero-order chi connectivity index (χ0) is 18.5. The lowest BCUT2D eigenvalue weighted by Gasteiger charge is -2.10. The van der Waals surface area contributed by atoms with Gasteiger partial charge >= 0.3 is 0 Å². The van der Waals surface area contributed by atoms with Gasteiger partial charge in [-0.05, 0) is 61.7 Å². The number of nitrogens with one attached hydrogen (secondary N) is 2. The standard InChI is InChI=1S/C22H23N3O/c1-15-4-6-18(7-5-15)14-24-19-8-9-23-21(13-19)22(26)25-20-11-16(2)10-17(3)12-20/h4-13H,14H2,1-3H3,(H,23,24)(H,25,26). The third-order valence-corrected chi connectivity index (χ3v) is 4.09. The topological polar surface area (TPSA) is 54.0 Å². The van der Waals surface area contributed by atoms with Gasteiger partial charge in [-0.2, -0.15) is 0 Å². The highest BCUT2D eigenvalue weighted by Crippen LogP contribution is 2.16. The van der Waals surface area contributed by atoms with E-state index >= 15 is 0 Å². The predicted octanol–water partition coefficient (Wildman–Crippen LogP) is 4.87. The molecule has 0 fully saturated rings. The van der Waals surface area contributed by atoms with E-state index in [1.807, 2.05) is 32.0 Å². The number of rotatable bonds is 5. The molecule has 2 N–H and O–H groups in total. The van der Waals surface area contributed by atoms with Gasteiger partial charge in [-0.1, -0.05) is 35.9 Å². The first-order chi connectivity index (χ1) is 12.5. The lowest BCUT2D eigenvalue weighted by Crippen LogP contribution is -2.14. The van der Waals surface area contributed by atoms with E-state index in [-0.39, 0.29) is 5.91 Å². The Morgan fingerprint density at radius 3 is 2.23 bits per heavy atom. The van der Waals surface area contributed by atoms with Crippen LogP contribution in [0.15, 0.2) is 60.8 Å². The van der Waals surface area contributed by atoms with Gasteiger partial charge in [-0.15, -0.1) is 0 Å². The van der Waals surface area contributed by atoms with Crippen molar-refractivity contribution in [1.82, 2.24) is 4.98 Å². The molecule has 3 rings (SSSR count). The molecule has 1 amide bonds. The number of hydrogen-bond acceptors (Lipinski definition) is 3. The van der Waals surface area contributed by atoms with Crippen LogP contribution in [-0.4, -0.2) is 10.9 Å². The number of pyridine rings is 1. The van der Waals surface area contributed by atoms with Gasteiger partial charge in [-0.25, -0.2) is 0 Å². The minimum Gasteiger partial charge on any atom is -0.381 e. The first kappa shape index (κ1) is 17.7. The van der Waals surface area contributed by atoms with Crippen molar-refractivity contribution < 1.29 is 4.79 Å². The molecule has 4 nitrogen and oxygen atoms in total. The molecule has 0 atom stereocenters. The van der Waals surface area contributed by atoms with Crippen molar-refractivity contribution in [2.45, 2.75) is 27.3 Å². The van der Waals surface area contributed by atoms with Gasteiger partial charge in [0.2, 0.25) is 0 Å². The summed E-state index contributed by atoms with van der Waals surface area (Å²) in [4.78, 5) is 16.7. The van der Waals surface area contributed by atoms with E-state index < -0.39 is 0 Å². The zero-order valence-electron chi connectivity index (χ0n) is 15.3. The van der Waals surface area contributed by atoms with Crippen LogP contribution in [0.2, 0.25) is 0 Å². The molecule has 0 aliphatic heterocycles. The molecule has 2 aromatic carbocycles. The number of amides is 1. The van der Waals surface area contributed by atoms with Gasteiger partial charge in [0.05, 0.1) is 0 Å². The number of carbonyl (C=O) groups is 1. The van der Waals surface area contributed by atoms with Gasteiger partial charge in [0.25, 0.3) is 5.91 Å². The number of benzene rings is 2. The Bertz CT molecular complexity index is 897. The van der Waals surface area contributed by atoms with Crippen LogP contribution in [0.5, 0.6) is 0 Å². The Balaban J connectivity index is 1.67. The fourth-order valence-electron chi connectivity index (χ4n) is 2.82. The Labute approximate surface area is 154 Å². The molecule has 0 spiro atoms. The summed E-state index contributed by atoms with van der Waals surface area (Å²) in [5.41, 5.74) is 6.69. The van der Waals surface area contributed by atoms with E-state index in [9.17, 15) is 4.79 Å². The molecule has 0 aliphatic carbocycles. The summed E-state index contributed by atoms with van der Waals surface area (Å²) in [6, 6.07) is 18.0. The second-order valence-corrected chi connectivity index (χ2v) is 6.60. The first-order valence-corrected chi connectivity index (χ1v) is 8.65. The van der Waals surface area contributed by atoms with Gasteiger partial charge in [0.1, 0.15) is 5.69 Å². The van der Waals surface area contributed by atoms with Crippen molar-refractivity contribution in [3.63, 3.8) is 0 Å². The molecule has 0 saturated heterocycles. The highest BCUT2D eigenvalue weighted by Gasteiger charge is 2.09. The minimum atomic E-state index is -0.214. The van der Waals surface area contributed by atoms with Gasteiger partial charge in [-0.3, -0.25) is 9.78 Å². The van der Waals surface area contributed by atoms with E-state index in [1.54, 1.807) is 12.3 Å². The summed E-state index contributed by atoms with van der Waals surface area (Å²) in [7, 11) is 0. The van der Waals surface area contributed by atoms with Crippen molar-refractivity contribution in [3.8, 4) is 0 Å². The molecule has 0 bridgehead atoms. The summed E-state index contributed by atoms with van der Waals surface area (Å²) in [5, 5.41) is 6.26. The van der Waals surface area contributed by atoms with E-state index in [4.69, 9.17) is 0 Å². The monoisotopic (exact) mass is 345 g/mol. The van der Waals surface area contributed by atoms with Crippen LogP contribution in [-0.2, 0) is 6.54 Å². The third kappa shape index (κ3) is 4.70. The maximum atomic E-state index is 12.5. The number of anilines is 2. The number of aryl methyl sites for hydroxylation is 3. The van der Waals surface area contributed by atoms with Crippen molar-refractivity contribution >= 4 is 17.3 Å². The third-order valence-electron chi connectivity index (χ3n) is 4.09. The van der Waals surface area contributed by atoms with Crippen molar-refractivity contribution in [1.29, 1.82) is 0 Å². The van der Waals surface area contributed by atoms with Crippen LogP contribution in [0, 0.1) is 20.8 Å².